The molecular weight excluding hydrogens is 373 g/mol. The first kappa shape index (κ1) is 15.4. The fourth-order valence-electron chi connectivity index (χ4n) is 3.55. The second-order valence-corrected chi connectivity index (χ2v) is 7.06. The number of amides is 2. The standard InChI is InChI=1S/C18H17BrFN3O/c19-12-7-8-15(14(20)10-12)21-18(24)23-11-13-4-3-9-22(13)16-5-1-2-6-17(16)23/h1-2,5-8,10,13H,3-4,9,11H2,(H,21,24)/t13-/m0/s1. The molecule has 24 heavy (non-hydrogen) atoms. The number of carbonyl (C=O) groups excluding carboxylic acids is 1. The van der Waals surface area contributed by atoms with Gasteiger partial charge < -0.3 is 10.2 Å². The van der Waals surface area contributed by atoms with E-state index in [-0.39, 0.29) is 11.7 Å². The van der Waals surface area contributed by atoms with Crippen molar-refractivity contribution < 1.29 is 9.18 Å². The summed E-state index contributed by atoms with van der Waals surface area (Å²) < 4.78 is 14.7. The van der Waals surface area contributed by atoms with E-state index >= 15 is 0 Å². The smallest absolute Gasteiger partial charge is 0.326 e. The molecule has 2 heterocycles. The Morgan fingerprint density at radius 2 is 2.00 bits per heavy atom. The number of anilines is 3. The molecule has 4 nitrogen and oxygen atoms in total. The van der Waals surface area contributed by atoms with Crippen molar-refractivity contribution in [3.05, 3.63) is 52.8 Å². The van der Waals surface area contributed by atoms with Crippen LogP contribution in [0.4, 0.5) is 26.2 Å². The molecule has 0 aromatic heterocycles. The van der Waals surface area contributed by atoms with Gasteiger partial charge in [-0.25, -0.2) is 9.18 Å². The molecule has 1 fully saturated rings. The van der Waals surface area contributed by atoms with Crippen LogP contribution in [0, 0.1) is 5.82 Å². The third-order valence-corrected chi connectivity index (χ3v) is 5.16. The Morgan fingerprint density at radius 1 is 1.21 bits per heavy atom. The van der Waals surface area contributed by atoms with Crippen LogP contribution in [0.15, 0.2) is 46.9 Å². The van der Waals surface area contributed by atoms with E-state index in [0.717, 1.165) is 30.8 Å². The minimum atomic E-state index is -0.453. The predicted octanol–water partition coefficient (Wildman–Crippen LogP) is 4.61. The zero-order valence-corrected chi connectivity index (χ0v) is 14.6. The highest BCUT2D eigenvalue weighted by atomic mass is 79.9. The molecular formula is C18H17BrFN3O. The van der Waals surface area contributed by atoms with Crippen LogP contribution < -0.4 is 15.1 Å². The van der Waals surface area contributed by atoms with Crippen molar-refractivity contribution in [3.8, 4) is 0 Å². The van der Waals surface area contributed by atoms with Crippen molar-refractivity contribution in [2.75, 3.05) is 28.2 Å². The molecule has 1 N–H and O–H groups in total. The van der Waals surface area contributed by atoms with E-state index in [0.29, 0.717) is 17.1 Å². The molecule has 0 aliphatic carbocycles. The molecule has 0 bridgehead atoms. The van der Waals surface area contributed by atoms with Gasteiger partial charge in [-0.15, -0.1) is 0 Å². The summed E-state index contributed by atoms with van der Waals surface area (Å²) in [7, 11) is 0. The molecule has 0 spiro atoms. The summed E-state index contributed by atoms with van der Waals surface area (Å²) in [6.07, 6.45) is 2.21. The zero-order chi connectivity index (χ0) is 16.7. The minimum absolute atomic E-state index is 0.189. The fourth-order valence-corrected chi connectivity index (χ4v) is 3.89. The Hall–Kier alpha value is -2.08. The predicted molar refractivity (Wildman–Crippen MR) is 97.3 cm³/mol. The summed E-state index contributed by atoms with van der Waals surface area (Å²) in [5, 5.41) is 2.70. The van der Waals surface area contributed by atoms with Crippen LogP contribution >= 0.6 is 15.9 Å². The van der Waals surface area contributed by atoms with Crippen molar-refractivity contribution in [2.45, 2.75) is 18.9 Å². The van der Waals surface area contributed by atoms with Crippen molar-refractivity contribution in [3.63, 3.8) is 0 Å². The first-order valence-corrected chi connectivity index (χ1v) is 8.82. The first-order chi connectivity index (χ1) is 11.6. The number of hydrogen-bond acceptors (Lipinski definition) is 2. The molecule has 2 aromatic carbocycles. The van der Waals surface area contributed by atoms with Gasteiger partial charge in [0.25, 0.3) is 0 Å². The molecule has 1 saturated heterocycles. The maximum atomic E-state index is 14.0. The average Bonchev–Trinajstić information content (AvgIpc) is 3.05. The number of rotatable bonds is 1. The van der Waals surface area contributed by atoms with E-state index in [2.05, 4.69) is 26.1 Å². The van der Waals surface area contributed by atoms with E-state index in [1.807, 2.05) is 24.3 Å². The number of urea groups is 1. The fraction of sp³-hybridized carbons (Fsp3) is 0.278. The normalized spacial score (nSPS) is 19.0. The lowest BCUT2D eigenvalue weighted by molar-refractivity contribution is 0.256. The highest BCUT2D eigenvalue weighted by Gasteiger charge is 2.36. The molecule has 0 radical (unpaired) electrons. The number of para-hydroxylation sites is 2. The van der Waals surface area contributed by atoms with Crippen molar-refractivity contribution in [1.29, 1.82) is 0 Å². The lowest BCUT2D eigenvalue weighted by Gasteiger charge is -2.40. The second kappa shape index (κ2) is 6.09. The van der Waals surface area contributed by atoms with Gasteiger partial charge in [-0.3, -0.25) is 4.90 Å². The molecule has 6 heteroatoms. The number of benzene rings is 2. The average molecular weight is 390 g/mol. The number of fused-ring (bicyclic) bond motifs is 3. The summed E-state index contributed by atoms with van der Waals surface area (Å²) in [5.74, 6) is -0.453. The van der Waals surface area contributed by atoms with E-state index in [9.17, 15) is 9.18 Å². The van der Waals surface area contributed by atoms with E-state index in [4.69, 9.17) is 0 Å². The number of halogens is 2. The van der Waals surface area contributed by atoms with Gasteiger partial charge in [-0.05, 0) is 43.2 Å². The molecule has 124 valence electrons. The van der Waals surface area contributed by atoms with Crippen LogP contribution in [-0.4, -0.2) is 25.2 Å². The summed E-state index contributed by atoms with van der Waals surface area (Å²) >= 11 is 3.22. The number of nitrogens with zero attached hydrogens (tertiary/aromatic N) is 2. The number of hydrogen-bond donors (Lipinski definition) is 1. The zero-order valence-electron chi connectivity index (χ0n) is 13.0. The van der Waals surface area contributed by atoms with Crippen molar-refractivity contribution in [2.24, 2.45) is 0 Å². The Balaban J connectivity index is 1.63. The van der Waals surface area contributed by atoms with Crippen LogP contribution in [0.3, 0.4) is 0 Å². The van der Waals surface area contributed by atoms with Gasteiger partial charge in [0, 0.05) is 23.6 Å². The van der Waals surface area contributed by atoms with Crippen molar-refractivity contribution in [1.82, 2.24) is 0 Å². The molecule has 0 unspecified atom stereocenters. The highest BCUT2D eigenvalue weighted by Crippen LogP contribution is 2.39. The molecule has 4 rings (SSSR count). The van der Waals surface area contributed by atoms with Gasteiger partial charge in [0.05, 0.1) is 17.1 Å². The Morgan fingerprint density at radius 3 is 2.79 bits per heavy atom. The third-order valence-electron chi connectivity index (χ3n) is 4.67. The Bertz CT molecular complexity index is 798. The van der Waals surface area contributed by atoms with Crippen LogP contribution in [0.25, 0.3) is 0 Å². The van der Waals surface area contributed by atoms with Gasteiger partial charge in [0.15, 0.2) is 0 Å². The van der Waals surface area contributed by atoms with Crippen LogP contribution in [0.1, 0.15) is 12.8 Å². The molecule has 0 saturated carbocycles. The largest absolute Gasteiger partial charge is 0.365 e. The maximum Gasteiger partial charge on any atom is 0.326 e. The summed E-state index contributed by atoms with van der Waals surface area (Å²) in [6.45, 7) is 1.65. The Labute approximate surface area is 148 Å². The van der Waals surface area contributed by atoms with Gasteiger partial charge in [0.2, 0.25) is 0 Å². The lowest BCUT2D eigenvalue weighted by atomic mass is 10.1. The van der Waals surface area contributed by atoms with Crippen LogP contribution in [0.2, 0.25) is 0 Å². The molecule has 2 aliphatic rings. The Kier molecular flexibility index (Phi) is 3.92. The molecule has 2 amide bonds. The van der Waals surface area contributed by atoms with Crippen molar-refractivity contribution >= 4 is 39.0 Å². The van der Waals surface area contributed by atoms with Gasteiger partial charge in [-0.1, -0.05) is 28.1 Å². The van der Waals surface area contributed by atoms with Gasteiger partial charge >= 0.3 is 6.03 Å². The topological polar surface area (TPSA) is 35.6 Å². The second-order valence-electron chi connectivity index (χ2n) is 6.14. The lowest BCUT2D eigenvalue weighted by Crippen LogP contribution is -2.49. The van der Waals surface area contributed by atoms with E-state index in [1.165, 1.54) is 6.07 Å². The summed E-state index contributed by atoms with van der Waals surface area (Å²) in [6, 6.07) is 12.6. The molecule has 1 atom stereocenters. The summed E-state index contributed by atoms with van der Waals surface area (Å²) in [5.41, 5.74) is 2.15. The van der Waals surface area contributed by atoms with Gasteiger partial charge in [0.1, 0.15) is 5.82 Å². The van der Waals surface area contributed by atoms with Crippen LogP contribution in [-0.2, 0) is 0 Å². The monoisotopic (exact) mass is 389 g/mol. The summed E-state index contributed by atoms with van der Waals surface area (Å²) in [4.78, 5) is 16.9. The third kappa shape index (κ3) is 2.65. The minimum Gasteiger partial charge on any atom is -0.365 e. The van der Waals surface area contributed by atoms with E-state index < -0.39 is 5.82 Å². The van der Waals surface area contributed by atoms with Crippen LogP contribution in [0.5, 0.6) is 0 Å². The van der Waals surface area contributed by atoms with E-state index in [1.54, 1.807) is 17.0 Å². The SMILES string of the molecule is O=C(Nc1ccc(Br)cc1F)N1C[C@@H]2CCCN2c2ccccc21. The quantitative estimate of drug-likeness (QED) is 0.772. The highest BCUT2D eigenvalue weighted by molar-refractivity contribution is 9.10. The number of nitrogens with one attached hydrogen (secondary N) is 1. The first-order valence-electron chi connectivity index (χ1n) is 8.03. The molecule has 2 aliphatic heterocycles. The molecule has 2 aromatic rings. The maximum absolute atomic E-state index is 14.0. The van der Waals surface area contributed by atoms with Gasteiger partial charge in [-0.2, -0.15) is 0 Å². The number of carbonyl (C=O) groups is 1.